The highest BCUT2D eigenvalue weighted by atomic mass is 35.5. The van der Waals surface area contributed by atoms with E-state index < -0.39 is 23.8 Å². The van der Waals surface area contributed by atoms with Crippen LogP contribution >= 0.6 is 11.6 Å². The van der Waals surface area contributed by atoms with Gasteiger partial charge in [-0.3, -0.25) is 14.3 Å². The molecule has 0 saturated carbocycles. The Morgan fingerprint density at radius 2 is 1.78 bits per heavy atom. The van der Waals surface area contributed by atoms with Crippen molar-refractivity contribution in [3.63, 3.8) is 0 Å². The molecule has 0 spiro atoms. The first kappa shape index (κ1) is 36.0. The second-order valence-corrected chi connectivity index (χ2v) is 13.6. The van der Waals surface area contributed by atoms with Crippen LogP contribution in [-0.4, -0.2) is 55.9 Å². The SMILES string of the molecule is CCCn1cc(C#Cc2ccc(NC(=O)[C@@H]3CCCCN3C(=O)[C@H](NC(=O)OC(C)(C)C)c3ccccc3)cc2)c(-c2cc(Cl)ccc2O)n1. The molecule has 11 heteroatoms. The molecule has 2 heterocycles. The van der Waals surface area contributed by atoms with Crippen LogP contribution in [0, 0.1) is 11.8 Å². The van der Waals surface area contributed by atoms with Crippen molar-refractivity contribution in [3.05, 3.63) is 101 Å². The molecule has 1 aliphatic heterocycles. The number of phenols is 1. The smallest absolute Gasteiger partial charge is 0.408 e. The van der Waals surface area contributed by atoms with Gasteiger partial charge in [0.05, 0.1) is 5.56 Å². The number of phenolic OH excluding ortho intramolecular Hbond substituents is 1. The zero-order chi connectivity index (χ0) is 35.8. The van der Waals surface area contributed by atoms with E-state index in [1.807, 2.05) is 12.3 Å². The van der Waals surface area contributed by atoms with Crippen molar-refractivity contribution >= 4 is 35.2 Å². The van der Waals surface area contributed by atoms with Crippen molar-refractivity contribution in [2.24, 2.45) is 0 Å². The molecule has 5 rings (SSSR count). The van der Waals surface area contributed by atoms with Crippen LogP contribution in [0.5, 0.6) is 5.75 Å². The van der Waals surface area contributed by atoms with Gasteiger partial charge in [0.15, 0.2) is 0 Å². The predicted molar refractivity (Wildman–Crippen MR) is 194 cm³/mol. The van der Waals surface area contributed by atoms with E-state index in [1.54, 1.807) is 91.0 Å². The van der Waals surface area contributed by atoms with Gasteiger partial charge in [-0.15, -0.1) is 0 Å². The molecule has 3 amide bonds. The van der Waals surface area contributed by atoms with Crippen LogP contribution < -0.4 is 10.6 Å². The van der Waals surface area contributed by atoms with Gasteiger partial charge in [0.2, 0.25) is 5.91 Å². The van der Waals surface area contributed by atoms with Crippen LogP contribution in [0.1, 0.15) is 76.1 Å². The number of halogens is 1. The fraction of sp³-hybridized carbons (Fsp3) is 0.333. The third-order valence-electron chi connectivity index (χ3n) is 8.05. The van der Waals surface area contributed by atoms with Crippen molar-refractivity contribution in [3.8, 4) is 28.8 Å². The third kappa shape index (κ3) is 9.24. The third-order valence-corrected chi connectivity index (χ3v) is 8.29. The van der Waals surface area contributed by atoms with Crippen LogP contribution in [0.4, 0.5) is 10.5 Å². The summed E-state index contributed by atoms with van der Waals surface area (Å²) >= 11 is 6.21. The highest BCUT2D eigenvalue weighted by Crippen LogP contribution is 2.33. The van der Waals surface area contributed by atoms with Crippen LogP contribution in [0.2, 0.25) is 5.02 Å². The highest BCUT2D eigenvalue weighted by molar-refractivity contribution is 6.31. The molecule has 0 aliphatic carbocycles. The predicted octanol–water partition coefficient (Wildman–Crippen LogP) is 7.30. The zero-order valence-corrected chi connectivity index (χ0v) is 29.5. The standard InChI is InChI=1S/C39H42ClN5O5/c1-5-22-44-25-28(34(43-44)31-24-29(40)18-21-33(31)46)17-14-26-15-19-30(20-16-26)41-36(47)32-13-9-10-23-45(32)37(48)35(27-11-7-6-8-12-27)42-38(49)50-39(2,3)4/h6-8,11-12,15-16,18-21,24-25,32,35,46H,5,9-10,13,22-23H2,1-4H3,(H,41,47)(H,42,49)/t32-,35+/m0/s1. The number of rotatable bonds is 8. The Morgan fingerprint density at radius 3 is 2.48 bits per heavy atom. The molecule has 3 aromatic carbocycles. The van der Waals surface area contributed by atoms with Crippen LogP contribution in [-0.2, 0) is 20.9 Å². The number of nitrogens with zero attached hydrogens (tertiary/aromatic N) is 3. The number of nitrogens with one attached hydrogen (secondary N) is 2. The number of amides is 3. The Morgan fingerprint density at radius 1 is 1.04 bits per heavy atom. The number of aromatic hydroxyl groups is 1. The number of aryl methyl sites for hydroxylation is 1. The van der Waals surface area contributed by atoms with Gasteiger partial charge in [-0.1, -0.05) is 60.7 Å². The van der Waals surface area contributed by atoms with Gasteiger partial charge in [0.25, 0.3) is 5.91 Å². The molecule has 0 unspecified atom stereocenters. The molecule has 1 aliphatic rings. The molecule has 50 heavy (non-hydrogen) atoms. The molecule has 0 bridgehead atoms. The lowest BCUT2D eigenvalue weighted by atomic mass is 9.98. The topological polar surface area (TPSA) is 126 Å². The number of carbonyl (C=O) groups excluding carboxylic acids is 3. The number of benzene rings is 3. The van der Waals surface area contributed by atoms with E-state index in [1.165, 1.54) is 6.07 Å². The van der Waals surface area contributed by atoms with E-state index in [4.69, 9.17) is 16.3 Å². The fourth-order valence-electron chi connectivity index (χ4n) is 5.75. The van der Waals surface area contributed by atoms with Gasteiger partial charge >= 0.3 is 6.09 Å². The Balaban J connectivity index is 1.31. The molecular formula is C39H42ClN5O5. The molecule has 260 valence electrons. The minimum atomic E-state index is -1.02. The number of aromatic nitrogens is 2. The Hall–Kier alpha value is -5.27. The van der Waals surface area contributed by atoms with Gasteiger partial charge in [-0.25, -0.2) is 4.79 Å². The number of alkyl carbamates (subject to hydrolysis) is 1. The lowest BCUT2D eigenvalue weighted by Crippen LogP contribution is -2.53. The van der Waals surface area contributed by atoms with E-state index in [0.29, 0.717) is 58.2 Å². The summed E-state index contributed by atoms with van der Waals surface area (Å²) in [6.07, 6.45) is 4.04. The van der Waals surface area contributed by atoms with Crippen molar-refractivity contribution in [1.82, 2.24) is 20.0 Å². The Kier molecular flexibility index (Phi) is 11.5. The minimum Gasteiger partial charge on any atom is -0.507 e. The van der Waals surface area contributed by atoms with Crippen molar-refractivity contribution < 1.29 is 24.2 Å². The lowest BCUT2D eigenvalue weighted by molar-refractivity contribution is -0.142. The molecule has 4 aromatic rings. The molecular weight excluding hydrogens is 654 g/mol. The highest BCUT2D eigenvalue weighted by Gasteiger charge is 2.37. The first-order valence-corrected chi connectivity index (χ1v) is 17.1. The Labute approximate surface area is 297 Å². The monoisotopic (exact) mass is 695 g/mol. The minimum absolute atomic E-state index is 0.0624. The van der Waals surface area contributed by atoms with E-state index >= 15 is 0 Å². The number of hydrogen-bond donors (Lipinski definition) is 3. The fourth-order valence-corrected chi connectivity index (χ4v) is 5.92. The molecule has 0 radical (unpaired) electrons. The first-order valence-electron chi connectivity index (χ1n) is 16.8. The summed E-state index contributed by atoms with van der Waals surface area (Å²) in [7, 11) is 0. The second-order valence-electron chi connectivity index (χ2n) is 13.2. The summed E-state index contributed by atoms with van der Waals surface area (Å²) in [6.45, 7) is 8.40. The summed E-state index contributed by atoms with van der Waals surface area (Å²) in [6, 6.07) is 19.2. The van der Waals surface area contributed by atoms with Gasteiger partial charge in [-0.2, -0.15) is 5.10 Å². The number of likely N-dealkylation sites (tertiary alicyclic amines) is 1. The summed E-state index contributed by atoms with van der Waals surface area (Å²) < 4.78 is 7.25. The second kappa shape index (κ2) is 16.0. The van der Waals surface area contributed by atoms with Crippen molar-refractivity contribution in [2.75, 3.05) is 11.9 Å². The van der Waals surface area contributed by atoms with Gasteiger partial charge < -0.3 is 25.4 Å². The van der Waals surface area contributed by atoms with Crippen LogP contribution in [0.15, 0.2) is 79.0 Å². The summed E-state index contributed by atoms with van der Waals surface area (Å²) in [5.74, 6) is 5.71. The molecule has 1 fully saturated rings. The average Bonchev–Trinajstić information content (AvgIpc) is 3.49. The quantitative estimate of drug-likeness (QED) is 0.166. The lowest BCUT2D eigenvalue weighted by Gasteiger charge is -2.37. The number of hydrogen-bond acceptors (Lipinski definition) is 6. The average molecular weight is 696 g/mol. The number of piperidine rings is 1. The molecule has 3 N–H and O–H groups in total. The summed E-state index contributed by atoms with van der Waals surface area (Å²) in [4.78, 5) is 42.0. The van der Waals surface area contributed by atoms with E-state index in [2.05, 4.69) is 34.5 Å². The normalized spacial score (nSPS) is 15.0. The van der Waals surface area contributed by atoms with Gasteiger partial charge in [0, 0.05) is 41.1 Å². The van der Waals surface area contributed by atoms with E-state index in [9.17, 15) is 19.5 Å². The van der Waals surface area contributed by atoms with Crippen molar-refractivity contribution in [1.29, 1.82) is 0 Å². The molecule has 1 saturated heterocycles. The summed E-state index contributed by atoms with van der Waals surface area (Å²) in [5, 5.41) is 21.3. The number of ether oxygens (including phenoxy) is 1. The maximum absolute atomic E-state index is 14.0. The van der Waals surface area contributed by atoms with E-state index in [-0.39, 0.29) is 17.6 Å². The summed E-state index contributed by atoms with van der Waals surface area (Å²) in [5.41, 5.74) is 2.80. The zero-order valence-electron chi connectivity index (χ0n) is 28.7. The maximum Gasteiger partial charge on any atom is 0.408 e. The van der Waals surface area contributed by atoms with E-state index in [0.717, 1.165) is 19.3 Å². The number of anilines is 1. The molecule has 10 nitrogen and oxygen atoms in total. The first-order chi connectivity index (χ1) is 23.9. The molecule has 2 atom stereocenters. The van der Waals surface area contributed by atoms with Gasteiger partial charge in [-0.05, 0) is 94.5 Å². The number of carbonyl (C=O) groups is 3. The largest absolute Gasteiger partial charge is 0.507 e. The molecule has 1 aromatic heterocycles. The maximum atomic E-state index is 14.0. The Bertz CT molecular complexity index is 1890. The van der Waals surface area contributed by atoms with Gasteiger partial charge in [0.1, 0.15) is 29.1 Å². The van der Waals surface area contributed by atoms with Crippen LogP contribution in [0.3, 0.4) is 0 Å². The van der Waals surface area contributed by atoms with Crippen molar-refractivity contribution in [2.45, 2.75) is 77.6 Å². The van der Waals surface area contributed by atoms with Crippen LogP contribution in [0.25, 0.3) is 11.3 Å².